The van der Waals surface area contributed by atoms with E-state index in [-0.39, 0.29) is 23.7 Å². The fraction of sp³-hybridized carbons (Fsp3) is 0.346. The van der Waals surface area contributed by atoms with Gasteiger partial charge >= 0.3 is 5.69 Å². The predicted molar refractivity (Wildman–Crippen MR) is 135 cm³/mol. The summed E-state index contributed by atoms with van der Waals surface area (Å²) in [6.45, 7) is 5.65. The maximum absolute atomic E-state index is 13.7. The number of anilines is 2. The van der Waals surface area contributed by atoms with Crippen LogP contribution in [0.1, 0.15) is 18.1 Å². The van der Waals surface area contributed by atoms with Crippen molar-refractivity contribution < 1.29 is 9.47 Å². The first kappa shape index (κ1) is 22.8. The average molecular weight is 476 g/mol. The van der Waals surface area contributed by atoms with Gasteiger partial charge in [-0.15, -0.1) is 0 Å². The van der Waals surface area contributed by atoms with Crippen LogP contribution < -0.4 is 25.6 Å². The molecule has 0 saturated carbocycles. The van der Waals surface area contributed by atoms with Gasteiger partial charge in [-0.05, 0) is 30.5 Å². The van der Waals surface area contributed by atoms with Crippen LogP contribution in [-0.2, 0) is 20.1 Å². The Hall–Kier alpha value is -4.01. The van der Waals surface area contributed by atoms with Gasteiger partial charge in [-0.25, -0.2) is 4.79 Å². The topological polar surface area (TPSA) is 83.5 Å². The zero-order valence-corrected chi connectivity index (χ0v) is 20.6. The fourth-order valence-corrected chi connectivity index (χ4v) is 4.73. The van der Waals surface area contributed by atoms with E-state index >= 15 is 0 Å². The highest BCUT2D eigenvalue weighted by molar-refractivity contribution is 5.78. The molecule has 9 heteroatoms. The molecular weight excluding hydrogens is 446 g/mol. The second-order valence-electron chi connectivity index (χ2n) is 9.17. The van der Waals surface area contributed by atoms with Crippen LogP contribution in [0.2, 0.25) is 0 Å². The first-order valence-electron chi connectivity index (χ1n) is 11.6. The minimum absolute atomic E-state index is 0.202. The molecule has 0 saturated heterocycles. The minimum atomic E-state index is -0.389. The van der Waals surface area contributed by atoms with Crippen LogP contribution >= 0.6 is 0 Å². The van der Waals surface area contributed by atoms with Crippen LogP contribution in [0.4, 0.5) is 11.6 Å². The van der Waals surface area contributed by atoms with Crippen LogP contribution in [0, 0.1) is 12.8 Å². The quantitative estimate of drug-likeness (QED) is 0.441. The number of methoxy groups -OCH3 is 2. The van der Waals surface area contributed by atoms with E-state index in [0.29, 0.717) is 41.7 Å². The molecule has 1 atom stereocenters. The number of hydrogen-bond acceptors (Lipinski definition) is 6. The molecule has 0 N–H and O–H groups in total. The Morgan fingerprint density at radius 3 is 2.46 bits per heavy atom. The van der Waals surface area contributed by atoms with Gasteiger partial charge in [-0.3, -0.25) is 13.9 Å². The molecule has 0 unspecified atom stereocenters. The van der Waals surface area contributed by atoms with E-state index in [1.807, 2.05) is 58.9 Å². The third-order valence-corrected chi connectivity index (χ3v) is 6.58. The van der Waals surface area contributed by atoms with Crippen LogP contribution in [0.3, 0.4) is 0 Å². The van der Waals surface area contributed by atoms with Gasteiger partial charge in [0, 0.05) is 26.2 Å². The van der Waals surface area contributed by atoms with Gasteiger partial charge in [0.05, 0.1) is 26.5 Å². The number of ether oxygens (including phenoxy) is 2. The van der Waals surface area contributed by atoms with Crippen molar-refractivity contribution in [2.24, 2.45) is 13.0 Å². The lowest BCUT2D eigenvalue weighted by atomic mass is 10.1. The molecule has 0 amide bonds. The van der Waals surface area contributed by atoms with E-state index in [2.05, 4.69) is 6.92 Å². The van der Waals surface area contributed by atoms with Gasteiger partial charge in [0.2, 0.25) is 5.95 Å². The van der Waals surface area contributed by atoms with Crippen molar-refractivity contribution in [3.63, 3.8) is 0 Å². The van der Waals surface area contributed by atoms with E-state index in [9.17, 15) is 9.59 Å². The molecule has 9 nitrogen and oxygen atoms in total. The van der Waals surface area contributed by atoms with Crippen molar-refractivity contribution in [1.29, 1.82) is 0 Å². The number of fused-ring (bicyclic) bond motifs is 3. The van der Waals surface area contributed by atoms with Gasteiger partial charge in [0.1, 0.15) is 11.5 Å². The highest BCUT2D eigenvalue weighted by Crippen LogP contribution is 2.39. The molecule has 1 aliphatic rings. The Labute approximate surface area is 202 Å². The summed E-state index contributed by atoms with van der Waals surface area (Å²) in [6, 6.07) is 13.5. The van der Waals surface area contributed by atoms with E-state index in [1.54, 1.807) is 21.3 Å². The Kier molecular flexibility index (Phi) is 5.62. The summed E-state index contributed by atoms with van der Waals surface area (Å²) in [4.78, 5) is 33.7. The molecule has 5 rings (SSSR count). The number of aryl methyl sites for hydroxylation is 2. The molecule has 35 heavy (non-hydrogen) atoms. The van der Waals surface area contributed by atoms with Gasteiger partial charge < -0.3 is 18.9 Å². The normalized spacial score (nSPS) is 15.3. The van der Waals surface area contributed by atoms with Crippen molar-refractivity contribution in [3.8, 4) is 11.5 Å². The maximum Gasteiger partial charge on any atom is 0.332 e. The number of imidazole rings is 1. The molecule has 182 valence electrons. The predicted octanol–water partition coefficient (Wildman–Crippen LogP) is 3.06. The Morgan fingerprint density at radius 1 is 1.03 bits per heavy atom. The van der Waals surface area contributed by atoms with Gasteiger partial charge in [0.15, 0.2) is 11.2 Å². The summed E-state index contributed by atoms with van der Waals surface area (Å²) < 4.78 is 15.7. The molecular formula is C26H29N5O4. The SMILES string of the molecule is COc1ccc(N2C[C@@H](C)Cn3c2nc2c3c(=O)n(Cc3ccc(C)cc3)c(=O)n2C)c(OC)c1. The van der Waals surface area contributed by atoms with Crippen molar-refractivity contribution in [2.75, 3.05) is 25.7 Å². The first-order chi connectivity index (χ1) is 16.8. The lowest BCUT2D eigenvalue weighted by Crippen LogP contribution is -2.40. The lowest BCUT2D eigenvalue weighted by Gasteiger charge is -2.33. The summed E-state index contributed by atoms with van der Waals surface area (Å²) in [6.07, 6.45) is 0. The molecule has 4 aromatic rings. The van der Waals surface area contributed by atoms with Crippen molar-refractivity contribution >= 4 is 22.8 Å². The van der Waals surface area contributed by atoms with E-state index in [0.717, 1.165) is 16.8 Å². The van der Waals surface area contributed by atoms with Gasteiger partial charge in [-0.2, -0.15) is 4.98 Å². The zero-order valence-electron chi connectivity index (χ0n) is 20.6. The Morgan fingerprint density at radius 2 is 1.77 bits per heavy atom. The third kappa shape index (κ3) is 3.77. The summed E-state index contributed by atoms with van der Waals surface area (Å²) >= 11 is 0. The maximum atomic E-state index is 13.7. The summed E-state index contributed by atoms with van der Waals surface area (Å²) in [7, 11) is 4.89. The second-order valence-corrected chi connectivity index (χ2v) is 9.17. The molecule has 0 aliphatic carbocycles. The van der Waals surface area contributed by atoms with Gasteiger partial charge in [0.25, 0.3) is 5.56 Å². The summed E-state index contributed by atoms with van der Waals surface area (Å²) in [5.74, 6) is 2.17. The standard InChI is InChI=1S/C26H29N5O4/c1-16-6-8-18(9-7-16)15-31-24(32)22-23(28(3)26(31)33)27-25-29(13-17(2)14-30(22)25)20-11-10-19(34-4)12-21(20)35-5/h6-12,17H,13-15H2,1-5H3/t17-/m1/s1. The minimum Gasteiger partial charge on any atom is -0.497 e. The van der Waals surface area contributed by atoms with Crippen molar-refractivity contribution in [1.82, 2.24) is 18.7 Å². The number of rotatable bonds is 5. The second kappa shape index (κ2) is 8.65. The summed E-state index contributed by atoms with van der Waals surface area (Å²) in [5, 5.41) is 0. The third-order valence-electron chi connectivity index (χ3n) is 6.58. The Balaban J connectivity index is 1.70. The number of benzene rings is 2. The zero-order chi connectivity index (χ0) is 24.9. The number of nitrogens with zero attached hydrogens (tertiary/aromatic N) is 5. The molecule has 1 aliphatic heterocycles. The Bertz CT molecular complexity index is 1530. The van der Waals surface area contributed by atoms with Crippen LogP contribution in [0.5, 0.6) is 11.5 Å². The fourth-order valence-electron chi connectivity index (χ4n) is 4.73. The van der Waals surface area contributed by atoms with Crippen molar-refractivity contribution in [2.45, 2.75) is 26.9 Å². The highest BCUT2D eigenvalue weighted by atomic mass is 16.5. The van der Waals surface area contributed by atoms with Crippen molar-refractivity contribution in [3.05, 3.63) is 74.4 Å². The monoisotopic (exact) mass is 475 g/mol. The first-order valence-corrected chi connectivity index (χ1v) is 11.6. The largest absolute Gasteiger partial charge is 0.497 e. The molecule has 3 heterocycles. The van der Waals surface area contributed by atoms with E-state index < -0.39 is 0 Å². The van der Waals surface area contributed by atoms with Crippen LogP contribution in [-0.4, -0.2) is 39.4 Å². The molecule has 0 fully saturated rings. The number of hydrogen-bond donors (Lipinski definition) is 0. The number of aromatic nitrogens is 4. The van der Waals surface area contributed by atoms with E-state index in [1.165, 1.54) is 9.13 Å². The average Bonchev–Trinajstić information content (AvgIpc) is 3.25. The summed E-state index contributed by atoms with van der Waals surface area (Å²) in [5.41, 5.74) is 2.92. The molecule has 2 aromatic heterocycles. The van der Waals surface area contributed by atoms with Crippen LogP contribution in [0.15, 0.2) is 52.1 Å². The van der Waals surface area contributed by atoms with Gasteiger partial charge in [-0.1, -0.05) is 36.8 Å². The van der Waals surface area contributed by atoms with E-state index in [4.69, 9.17) is 14.5 Å². The molecule has 0 spiro atoms. The molecule has 0 radical (unpaired) electrons. The molecule has 2 aromatic carbocycles. The molecule has 0 bridgehead atoms. The lowest BCUT2D eigenvalue weighted by molar-refractivity contribution is 0.392. The highest BCUT2D eigenvalue weighted by Gasteiger charge is 2.31. The van der Waals surface area contributed by atoms with Crippen LogP contribution in [0.25, 0.3) is 11.2 Å². The smallest absolute Gasteiger partial charge is 0.332 e.